The summed E-state index contributed by atoms with van der Waals surface area (Å²) in [6.07, 6.45) is 5.47. The summed E-state index contributed by atoms with van der Waals surface area (Å²) in [7, 11) is -0.872. The highest BCUT2D eigenvalue weighted by Gasteiger charge is 2.31. The number of halogens is 1. The fourth-order valence-electron chi connectivity index (χ4n) is 4.33. The first-order valence-electron chi connectivity index (χ1n) is 11.2. The average molecular weight is 485 g/mol. The van der Waals surface area contributed by atoms with Crippen LogP contribution in [0.2, 0.25) is 5.02 Å². The second-order valence-electron chi connectivity index (χ2n) is 8.79. The first-order chi connectivity index (χ1) is 15.1. The second kappa shape index (κ2) is 10.5. The Balaban J connectivity index is 1.58. The molecule has 0 radical (unpaired) electrons. The number of carbonyl (C=O) groups excluding carboxylic acids is 2. The van der Waals surface area contributed by atoms with Crippen molar-refractivity contribution in [2.24, 2.45) is 5.92 Å². The standard InChI is InChI=1S/C22H33ClN4O4S/c1-16(26-11-13-27(14-12-26)22(29)17-7-5-4-6-8-17)21(28)24-18-9-10-19(23)20(15-18)32(30,31)25(2)3/h9-10,15-17H,4-8,11-14H2,1-3H3,(H,24,28). The number of piperazine rings is 1. The largest absolute Gasteiger partial charge is 0.340 e. The van der Waals surface area contributed by atoms with Crippen LogP contribution in [0.1, 0.15) is 39.0 Å². The number of carbonyl (C=O) groups is 2. The van der Waals surface area contributed by atoms with Crippen LogP contribution in [-0.2, 0) is 19.6 Å². The molecule has 2 amide bonds. The molecule has 1 atom stereocenters. The maximum atomic E-state index is 12.8. The summed E-state index contributed by atoms with van der Waals surface area (Å²) in [5.41, 5.74) is 0.373. The lowest BCUT2D eigenvalue weighted by Gasteiger charge is -2.39. The molecule has 1 aliphatic carbocycles. The van der Waals surface area contributed by atoms with Gasteiger partial charge in [-0.2, -0.15) is 0 Å². The van der Waals surface area contributed by atoms with Gasteiger partial charge in [-0.1, -0.05) is 30.9 Å². The molecule has 1 unspecified atom stereocenters. The summed E-state index contributed by atoms with van der Waals surface area (Å²) in [5.74, 6) is 0.193. The molecule has 2 fully saturated rings. The minimum absolute atomic E-state index is 0.0514. The number of sulfonamides is 1. The molecular formula is C22H33ClN4O4S. The van der Waals surface area contributed by atoms with Gasteiger partial charge in [-0.3, -0.25) is 14.5 Å². The Bertz CT molecular complexity index is 939. The van der Waals surface area contributed by atoms with E-state index in [0.29, 0.717) is 31.9 Å². The summed E-state index contributed by atoms with van der Waals surface area (Å²) in [5, 5.41) is 2.90. The molecule has 2 aliphatic rings. The Labute approximate surface area is 195 Å². The minimum atomic E-state index is -3.73. The van der Waals surface area contributed by atoms with Gasteiger partial charge in [0.05, 0.1) is 11.1 Å². The number of nitrogens with one attached hydrogen (secondary N) is 1. The van der Waals surface area contributed by atoms with Crippen LogP contribution in [-0.4, -0.2) is 80.7 Å². The molecule has 8 nitrogen and oxygen atoms in total. The number of anilines is 1. The summed E-state index contributed by atoms with van der Waals surface area (Å²) in [6.45, 7) is 4.33. The topological polar surface area (TPSA) is 90.0 Å². The summed E-state index contributed by atoms with van der Waals surface area (Å²) < 4.78 is 26.0. The monoisotopic (exact) mass is 484 g/mol. The Morgan fingerprint density at radius 1 is 1.09 bits per heavy atom. The molecule has 1 heterocycles. The molecule has 1 aliphatic heterocycles. The fourth-order valence-corrected chi connectivity index (χ4v) is 5.72. The van der Waals surface area contributed by atoms with E-state index >= 15 is 0 Å². The van der Waals surface area contributed by atoms with Gasteiger partial charge in [-0.25, -0.2) is 12.7 Å². The van der Waals surface area contributed by atoms with E-state index in [4.69, 9.17) is 11.6 Å². The molecule has 32 heavy (non-hydrogen) atoms. The molecular weight excluding hydrogens is 452 g/mol. The SMILES string of the molecule is CC(C(=O)Nc1ccc(Cl)c(S(=O)(=O)N(C)C)c1)N1CCN(C(=O)C2CCCCC2)CC1. The van der Waals surface area contributed by atoms with Crippen molar-refractivity contribution in [1.29, 1.82) is 0 Å². The molecule has 178 valence electrons. The third-order valence-electron chi connectivity index (χ3n) is 6.46. The van der Waals surface area contributed by atoms with Crippen molar-refractivity contribution in [3.8, 4) is 0 Å². The van der Waals surface area contributed by atoms with E-state index in [1.165, 1.54) is 32.6 Å². The van der Waals surface area contributed by atoms with Gasteiger partial charge in [0.25, 0.3) is 0 Å². The van der Waals surface area contributed by atoms with E-state index < -0.39 is 16.1 Å². The Morgan fingerprint density at radius 2 is 1.72 bits per heavy atom. The van der Waals surface area contributed by atoms with Gasteiger partial charge < -0.3 is 10.2 Å². The molecule has 0 bridgehead atoms. The van der Waals surface area contributed by atoms with E-state index in [0.717, 1.165) is 30.0 Å². The summed E-state index contributed by atoms with van der Waals surface area (Å²) in [6, 6.07) is 4.02. The van der Waals surface area contributed by atoms with Crippen LogP contribution in [0.5, 0.6) is 0 Å². The second-order valence-corrected chi connectivity index (χ2v) is 11.3. The third-order valence-corrected chi connectivity index (χ3v) is 8.76. The zero-order valence-electron chi connectivity index (χ0n) is 19.0. The highest BCUT2D eigenvalue weighted by Crippen LogP contribution is 2.28. The van der Waals surface area contributed by atoms with Crippen LogP contribution in [0.3, 0.4) is 0 Å². The lowest BCUT2D eigenvalue weighted by atomic mass is 9.88. The lowest BCUT2D eigenvalue weighted by Crippen LogP contribution is -2.55. The fraction of sp³-hybridized carbons (Fsp3) is 0.636. The summed E-state index contributed by atoms with van der Waals surface area (Å²) >= 11 is 6.08. The molecule has 0 spiro atoms. The average Bonchev–Trinajstić information content (AvgIpc) is 2.79. The lowest BCUT2D eigenvalue weighted by molar-refractivity contribution is -0.139. The van der Waals surface area contributed by atoms with Crippen LogP contribution in [0.25, 0.3) is 0 Å². The van der Waals surface area contributed by atoms with E-state index in [-0.39, 0.29) is 27.7 Å². The van der Waals surface area contributed by atoms with Gasteiger partial charge in [-0.05, 0) is 38.0 Å². The molecule has 0 aromatic heterocycles. The first kappa shape index (κ1) is 25.0. The highest BCUT2D eigenvalue weighted by atomic mass is 35.5. The van der Waals surface area contributed by atoms with Gasteiger partial charge in [0.2, 0.25) is 21.8 Å². The maximum absolute atomic E-state index is 12.8. The van der Waals surface area contributed by atoms with Crippen LogP contribution in [0.4, 0.5) is 5.69 Å². The van der Waals surface area contributed by atoms with Gasteiger partial charge in [0, 0.05) is 51.9 Å². The van der Waals surface area contributed by atoms with Crippen LogP contribution in [0.15, 0.2) is 23.1 Å². The van der Waals surface area contributed by atoms with Crippen molar-refractivity contribution < 1.29 is 18.0 Å². The summed E-state index contributed by atoms with van der Waals surface area (Å²) in [4.78, 5) is 29.5. The number of benzene rings is 1. The number of hydrogen-bond acceptors (Lipinski definition) is 5. The zero-order valence-corrected chi connectivity index (χ0v) is 20.6. The normalized spacial score (nSPS) is 19.7. The van der Waals surface area contributed by atoms with E-state index in [1.807, 2.05) is 16.7 Å². The van der Waals surface area contributed by atoms with Crippen LogP contribution < -0.4 is 5.32 Å². The third kappa shape index (κ3) is 5.62. The van der Waals surface area contributed by atoms with E-state index in [2.05, 4.69) is 5.32 Å². The minimum Gasteiger partial charge on any atom is -0.340 e. The van der Waals surface area contributed by atoms with Crippen molar-refractivity contribution in [2.75, 3.05) is 45.6 Å². The van der Waals surface area contributed by atoms with Crippen molar-refractivity contribution in [3.63, 3.8) is 0 Å². The van der Waals surface area contributed by atoms with Crippen LogP contribution >= 0.6 is 11.6 Å². The van der Waals surface area contributed by atoms with Crippen molar-refractivity contribution in [1.82, 2.24) is 14.1 Å². The van der Waals surface area contributed by atoms with Gasteiger partial charge in [-0.15, -0.1) is 0 Å². The number of nitrogens with zero attached hydrogens (tertiary/aromatic N) is 3. The van der Waals surface area contributed by atoms with E-state index in [9.17, 15) is 18.0 Å². The first-order valence-corrected chi connectivity index (χ1v) is 13.0. The van der Waals surface area contributed by atoms with Crippen molar-refractivity contribution in [2.45, 2.75) is 50.0 Å². The molecule has 1 aromatic carbocycles. The molecule has 3 rings (SSSR count). The quantitative estimate of drug-likeness (QED) is 0.670. The van der Waals surface area contributed by atoms with Crippen molar-refractivity contribution >= 4 is 39.1 Å². The molecule has 1 N–H and O–H groups in total. The Morgan fingerprint density at radius 3 is 2.31 bits per heavy atom. The predicted molar refractivity (Wildman–Crippen MR) is 125 cm³/mol. The van der Waals surface area contributed by atoms with Gasteiger partial charge in [0.15, 0.2) is 0 Å². The smallest absolute Gasteiger partial charge is 0.244 e. The number of rotatable bonds is 6. The molecule has 1 saturated heterocycles. The van der Waals surface area contributed by atoms with Gasteiger partial charge >= 0.3 is 0 Å². The molecule has 10 heteroatoms. The number of hydrogen-bond donors (Lipinski definition) is 1. The molecule has 1 saturated carbocycles. The Kier molecular flexibility index (Phi) is 8.19. The van der Waals surface area contributed by atoms with Gasteiger partial charge in [0.1, 0.15) is 4.90 Å². The number of amides is 2. The van der Waals surface area contributed by atoms with E-state index in [1.54, 1.807) is 6.07 Å². The predicted octanol–water partition coefficient (Wildman–Crippen LogP) is 2.64. The highest BCUT2D eigenvalue weighted by molar-refractivity contribution is 7.89. The Hall–Kier alpha value is -1.68. The van der Waals surface area contributed by atoms with Crippen molar-refractivity contribution in [3.05, 3.63) is 23.2 Å². The molecule has 1 aromatic rings. The van der Waals surface area contributed by atoms with Crippen LogP contribution in [0, 0.1) is 5.92 Å². The zero-order chi connectivity index (χ0) is 23.5. The maximum Gasteiger partial charge on any atom is 0.244 e.